The lowest BCUT2D eigenvalue weighted by Gasteiger charge is -2.07. The highest BCUT2D eigenvalue weighted by Crippen LogP contribution is 2.32. The van der Waals surface area contributed by atoms with Crippen molar-refractivity contribution in [3.8, 4) is 11.4 Å². The zero-order valence-corrected chi connectivity index (χ0v) is 17.0. The fourth-order valence-electron chi connectivity index (χ4n) is 2.58. The predicted octanol–water partition coefficient (Wildman–Crippen LogP) is 4.19. The Hall–Kier alpha value is -1.90. The standard InChI is InChI=1S/C17H18ClN5OS2/c1-4-11-10(2)25-8-12(11)16-21-22-17(23(16)3)26-9-14(24)20-13-6-5-7-19-15(13)18/h5-8H,4,9H2,1-3H3,(H,20,24). The maximum absolute atomic E-state index is 12.2. The molecule has 1 N–H and O–H groups in total. The average Bonchev–Trinajstić information content (AvgIpc) is 3.17. The summed E-state index contributed by atoms with van der Waals surface area (Å²) < 4.78 is 1.93. The smallest absolute Gasteiger partial charge is 0.234 e. The van der Waals surface area contributed by atoms with E-state index in [2.05, 4.69) is 39.7 Å². The van der Waals surface area contributed by atoms with Crippen LogP contribution in [0.15, 0.2) is 28.9 Å². The Bertz CT molecular complexity index is 937. The van der Waals surface area contributed by atoms with E-state index in [0.29, 0.717) is 10.8 Å². The van der Waals surface area contributed by atoms with Gasteiger partial charge in [-0.3, -0.25) is 4.79 Å². The number of carbonyl (C=O) groups is 1. The normalized spacial score (nSPS) is 10.9. The average molecular weight is 408 g/mol. The van der Waals surface area contributed by atoms with E-state index in [1.807, 2.05) is 11.6 Å². The van der Waals surface area contributed by atoms with Gasteiger partial charge in [0.2, 0.25) is 5.91 Å². The molecule has 9 heteroatoms. The number of nitrogens with zero attached hydrogens (tertiary/aromatic N) is 4. The third kappa shape index (κ3) is 3.92. The first-order chi connectivity index (χ1) is 12.5. The number of nitrogens with one attached hydrogen (secondary N) is 1. The van der Waals surface area contributed by atoms with Crippen LogP contribution in [0.4, 0.5) is 5.69 Å². The van der Waals surface area contributed by atoms with E-state index in [-0.39, 0.29) is 16.8 Å². The molecule has 0 fully saturated rings. The number of hydrogen-bond acceptors (Lipinski definition) is 6. The number of thiophene rings is 1. The summed E-state index contributed by atoms with van der Waals surface area (Å²) in [5.74, 6) is 0.861. The summed E-state index contributed by atoms with van der Waals surface area (Å²) >= 11 is 9.01. The minimum Gasteiger partial charge on any atom is -0.323 e. The van der Waals surface area contributed by atoms with Crippen LogP contribution < -0.4 is 5.32 Å². The minimum absolute atomic E-state index is 0.171. The summed E-state index contributed by atoms with van der Waals surface area (Å²) in [6, 6.07) is 3.43. The summed E-state index contributed by atoms with van der Waals surface area (Å²) in [7, 11) is 1.92. The van der Waals surface area contributed by atoms with Crippen LogP contribution in [0.5, 0.6) is 0 Å². The topological polar surface area (TPSA) is 72.7 Å². The molecule has 0 spiro atoms. The fraction of sp³-hybridized carbons (Fsp3) is 0.294. The summed E-state index contributed by atoms with van der Waals surface area (Å²) in [6.45, 7) is 4.26. The molecule has 0 saturated heterocycles. The van der Waals surface area contributed by atoms with Crippen molar-refractivity contribution < 1.29 is 4.79 Å². The highest BCUT2D eigenvalue weighted by Gasteiger charge is 2.17. The van der Waals surface area contributed by atoms with Gasteiger partial charge in [-0.05, 0) is 31.0 Å². The third-order valence-corrected chi connectivity index (χ3v) is 6.17. The number of thioether (sulfide) groups is 1. The lowest BCUT2D eigenvalue weighted by atomic mass is 10.1. The first-order valence-corrected chi connectivity index (χ1v) is 10.3. The zero-order chi connectivity index (χ0) is 18.7. The molecule has 3 aromatic rings. The van der Waals surface area contributed by atoms with Crippen molar-refractivity contribution >= 4 is 46.3 Å². The van der Waals surface area contributed by atoms with E-state index in [1.165, 1.54) is 22.2 Å². The summed E-state index contributed by atoms with van der Waals surface area (Å²) in [5.41, 5.74) is 2.91. The van der Waals surface area contributed by atoms with E-state index in [0.717, 1.165) is 17.8 Å². The zero-order valence-electron chi connectivity index (χ0n) is 14.6. The summed E-state index contributed by atoms with van der Waals surface area (Å²) in [5, 5.41) is 14.4. The SMILES string of the molecule is CCc1c(-c2nnc(SCC(=O)Nc3cccnc3Cl)n2C)csc1C. The fourth-order valence-corrected chi connectivity index (χ4v) is 4.39. The van der Waals surface area contributed by atoms with Gasteiger partial charge in [0, 0.05) is 29.1 Å². The van der Waals surface area contributed by atoms with Gasteiger partial charge in [0.05, 0.1) is 11.4 Å². The van der Waals surface area contributed by atoms with Gasteiger partial charge >= 0.3 is 0 Å². The van der Waals surface area contributed by atoms with E-state index in [9.17, 15) is 4.79 Å². The number of hydrogen-bond donors (Lipinski definition) is 1. The van der Waals surface area contributed by atoms with Crippen LogP contribution in [0.2, 0.25) is 5.15 Å². The number of pyridine rings is 1. The molecule has 0 bridgehead atoms. The van der Waals surface area contributed by atoms with E-state index in [1.54, 1.807) is 29.7 Å². The Labute approximate surface area is 165 Å². The third-order valence-electron chi connectivity index (χ3n) is 3.90. The molecule has 0 saturated carbocycles. The van der Waals surface area contributed by atoms with Crippen LogP contribution in [0.1, 0.15) is 17.4 Å². The van der Waals surface area contributed by atoms with Crippen molar-refractivity contribution in [2.45, 2.75) is 25.4 Å². The monoisotopic (exact) mass is 407 g/mol. The lowest BCUT2D eigenvalue weighted by molar-refractivity contribution is -0.113. The van der Waals surface area contributed by atoms with Crippen molar-refractivity contribution in [2.24, 2.45) is 7.05 Å². The number of anilines is 1. The van der Waals surface area contributed by atoms with E-state index in [4.69, 9.17) is 11.6 Å². The Morgan fingerprint density at radius 3 is 2.96 bits per heavy atom. The molecular weight excluding hydrogens is 390 g/mol. The molecular formula is C17H18ClN5OS2. The highest BCUT2D eigenvalue weighted by atomic mass is 35.5. The molecule has 3 heterocycles. The van der Waals surface area contributed by atoms with Crippen molar-refractivity contribution in [3.05, 3.63) is 39.3 Å². The molecule has 3 aromatic heterocycles. The van der Waals surface area contributed by atoms with Crippen LogP contribution in [0, 0.1) is 6.92 Å². The molecule has 0 aromatic carbocycles. The van der Waals surface area contributed by atoms with Crippen LogP contribution >= 0.6 is 34.7 Å². The Kier molecular flexibility index (Phi) is 5.95. The molecule has 0 aliphatic carbocycles. The summed E-state index contributed by atoms with van der Waals surface area (Å²) in [6.07, 6.45) is 2.53. The quantitative estimate of drug-likeness (QED) is 0.489. The first-order valence-electron chi connectivity index (χ1n) is 8.01. The number of halogens is 1. The number of amides is 1. The molecule has 6 nitrogen and oxygen atoms in total. The van der Waals surface area contributed by atoms with Gasteiger partial charge in [-0.2, -0.15) is 0 Å². The molecule has 0 atom stereocenters. The molecule has 26 heavy (non-hydrogen) atoms. The predicted molar refractivity (Wildman–Crippen MR) is 107 cm³/mol. The number of rotatable bonds is 6. The van der Waals surface area contributed by atoms with Crippen LogP contribution in [-0.2, 0) is 18.3 Å². The molecule has 0 aliphatic rings. The molecule has 3 rings (SSSR count). The van der Waals surface area contributed by atoms with Gasteiger partial charge in [0.25, 0.3) is 0 Å². The maximum Gasteiger partial charge on any atom is 0.234 e. The van der Waals surface area contributed by atoms with Gasteiger partial charge in [0.15, 0.2) is 16.1 Å². The van der Waals surface area contributed by atoms with Crippen LogP contribution in [0.25, 0.3) is 11.4 Å². The molecule has 0 aliphatic heterocycles. The molecule has 136 valence electrons. The van der Waals surface area contributed by atoms with Crippen molar-refractivity contribution in [1.82, 2.24) is 19.7 Å². The van der Waals surface area contributed by atoms with Crippen molar-refractivity contribution in [2.75, 3.05) is 11.1 Å². The van der Waals surface area contributed by atoms with Crippen LogP contribution in [-0.4, -0.2) is 31.4 Å². The van der Waals surface area contributed by atoms with Gasteiger partial charge in [-0.15, -0.1) is 21.5 Å². The minimum atomic E-state index is -0.171. The van der Waals surface area contributed by atoms with Crippen molar-refractivity contribution in [1.29, 1.82) is 0 Å². The second-order valence-corrected chi connectivity index (χ2v) is 7.97. The maximum atomic E-state index is 12.2. The Morgan fingerprint density at radius 2 is 2.23 bits per heavy atom. The van der Waals surface area contributed by atoms with Crippen LogP contribution in [0.3, 0.4) is 0 Å². The molecule has 0 unspecified atom stereocenters. The number of aromatic nitrogens is 4. The van der Waals surface area contributed by atoms with E-state index >= 15 is 0 Å². The number of aryl methyl sites for hydroxylation is 1. The number of carbonyl (C=O) groups excluding carboxylic acids is 1. The lowest BCUT2D eigenvalue weighted by Crippen LogP contribution is -2.15. The highest BCUT2D eigenvalue weighted by molar-refractivity contribution is 7.99. The van der Waals surface area contributed by atoms with Gasteiger partial charge < -0.3 is 9.88 Å². The Morgan fingerprint density at radius 1 is 1.42 bits per heavy atom. The first kappa shape index (κ1) is 18.9. The summed E-state index contributed by atoms with van der Waals surface area (Å²) in [4.78, 5) is 17.4. The second-order valence-electron chi connectivity index (χ2n) is 5.58. The molecule has 1 amide bonds. The second kappa shape index (κ2) is 8.20. The Balaban J connectivity index is 1.69. The van der Waals surface area contributed by atoms with Crippen molar-refractivity contribution in [3.63, 3.8) is 0 Å². The van der Waals surface area contributed by atoms with E-state index < -0.39 is 0 Å². The van der Waals surface area contributed by atoms with Gasteiger partial charge in [-0.1, -0.05) is 30.3 Å². The molecule has 0 radical (unpaired) electrons. The largest absolute Gasteiger partial charge is 0.323 e. The van der Waals surface area contributed by atoms with Gasteiger partial charge in [0.1, 0.15) is 0 Å². The van der Waals surface area contributed by atoms with Gasteiger partial charge in [-0.25, -0.2) is 4.98 Å².